The summed E-state index contributed by atoms with van der Waals surface area (Å²) in [6.45, 7) is 5.76. The monoisotopic (exact) mass is 374 g/mol. The Hall–Kier alpha value is -2.41. The highest BCUT2D eigenvalue weighted by molar-refractivity contribution is 8.18. The van der Waals surface area contributed by atoms with E-state index in [1.54, 1.807) is 20.3 Å². The lowest BCUT2D eigenvalue weighted by atomic mass is 10.1. The number of methoxy groups -OCH3 is 2. The standard InChI is InChI=1S/C19H22N2O4S/c1-4-7-21-18(22)17(26-19(21)23)11-13-10-16(25-3)14(12-15(13)24-2)20-8-5-6-9-20/h4,10-12H,1,5-9H2,2-3H3/b17-11+. The van der Waals surface area contributed by atoms with Crippen molar-refractivity contribution in [3.63, 3.8) is 0 Å². The molecule has 2 fully saturated rings. The Kier molecular flexibility index (Phi) is 5.56. The lowest BCUT2D eigenvalue weighted by Crippen LogP contribution is -2.27. The van der Waals surface area contributed by atoms with Crippen molar-refractivity contribution in [3.05, 3.63) is 35.3 Å². The van der Waals surface area contributed by atoms with Crippen molar-refractivity contribution in [2.75, 3.05) is 38.8 Å². The second-order valence-electron chi connectivity index (χ2n) is 6.04. The van der Waals surface area contributed by atoms with E-state index in [1.165, 1.54) is 11.0 Å². The van der Waals surface area contributed by atoms with Gasteiger partial charge in [-0.25, -0.2) is 0 Å². The first-order valence-corrected chi connectivity index (χ1v) is 9.28. The first kappa shape index (κ1) is 18.4. The van der Waals surface area contributed by atoms with Gasteiger partial charge in [-0.3, -0.25) is 14.5 Å². The molecule has 26 heavy (non-hydrogen) atoms. The normalized spacial score (nSPS) is 18.8. The van der Waals surface area contributed by atoms with Crippen molar-refractivity contribution in [1.82, 2.24) is 4.90 Å². The molecule has 0 radical (unpaired) electrons. The van der Waals surface area contributed by atoms with Crippen molar-refractivity contribution >= 4 is 34.7 Å². The Morgan fingerprint density at radius 3 is 2.46 bits per heavy atom. The van der Waals surface area contributed by atoms with E-state index in [-0.39, 0.29) is 17.7 Å². The van der Waals surface area contributed by atoms with Gasteiger partial charge in [0.2, 0.25) is 0 Å². The summed E-state index contributed by atoms with van der Waals surface area (Å²) in [5.41, 5.74) is 1.69. The molecule has 0 N–H and O–H groups in total. The lowest BCUT2D eigenvalue weighted by molar-refractivity contribution is -0.122. The number of carbonyl (C=O) groups excluding carboxylic acids is 2. The Balaban J connectivity index is 1.98. The van der Waals surface area contributed by atoms with Crippen LogP contribution in [0.15, 0.2) is 29.7 Å². The minimum atomic E-state index is -0.315. The van der Waals surface area contributed by atoms with Crippen LogP contribution < -0.4 is 14.4 Å². The van der Waals surface area contributed by atoms with Gasteiger partial charge in [0.05, 0.1) is 24.8 Å². The Morgan fingerprint density at radius 1 is 1.15 bits per heavy atom. The predicted octanol–water partition coefficient (Wildman–Crippen LogP) is 3.53. The molecule has 138 valence electrons. The van der Waals surface area contributed by atoms with Gasteiger partial charge in [-0.05, 0) is 36.7 Å². The van der Waals surface area contributed by atoms with Crippen molar-refractivity contribution in [1.29, 1.82) is 0 Å². The molecular formula is C19H22N2O4S. The van der Waals surface area contributed by atoms with Gasteiger partial charge in [0, 0.05) is 31.3 Å². The summed E-state index contributed by atoms with van der Waals surface area (Å²) in [6.07, 6.45) is 5.53. The summed E-state index contributed by atoms with van der Waals surface area (Å²) in [7, 11) is 3.22. The molecule has 2 heterocycles. The number of benzene rings is 1. The third-order valence-corrected chi connectivity index (χ3v) is 5.36. The van der Waals surface area contributed by atoms with Gasteiger partial charge in [0.25, 0.3) is 11.1 Å². The SMILES string of the molecule is C=CCN1C(=O)S/C(=C/c2cc(OC)c(N3CCCC3)cc2OC)C1=O. The van der Waals surface area contributed by atoms with E-state index in [2.05, 4.69) is 11.5 Å². The first-order valence-electron chi connectivity index (χ1n) is 8.46. The molecule has 3 rings (SSSR count). The molecule has 0 saturated carbocycles. The minimum absolute atomic E-state index is 0.205. The van der Waals surface area contributed by atoms with Gasteiger partial charge in [-0.1, -0.05) is 6.08 Å². The summed E-state index contributed by atoms with van der Waals surface area (Å²) in [6, 6.07) is 3.79. The van der Waals surface area contributed by atoms with Gasteiger partial charge >= 0.3 is 0 Å². The smallest absolute Gasteiger partial charge is 0.293 e. The molecule has 1 aromatic carbocycles. The maximum atomic E-state index is 12.4. The number of thioether (sulfide) groups is 1. The van der Waals surface area contributed by atoms with E-state index in [4.69, 9.17) is 9.47 Å². The van der Waals surface area contributed by atoms with Gasteiger partial charge in [0.1, 0.15) is 11.5 Å². The molecule has 0 bridgehead atoms. The highest BCUT2D eigenvalue weighted by atomic mass is 32.2. The van der Waals surface area contributed by atoms with E-state index in [9.17, 15) is 9.59 Å². The second-order valence-corrected chi connectivity index (χ2v) is 7.03. The Labute approximate surface area is 157 Å². The number of amides is 2. The summed E-state index contributed by atoms with van der Waals surface area (Å²) in [4.78, 5) is 28.2. The maximum Gasteiger partial charge on any atom is 0.293 e. The van der Waals surface area contributed by atoms with E-state index in [1.807, 2.05) is 12.1 Å². The Bertz CT molecular complexity index is 769. The quantitative estimate of drug-likeness (QED) is 0.561. The zero-order valence-corrected chi connectivity index (χ0v) is 15.8. The van der Waals surface area contributed by atoms with Crippen LogP contribution in [0.2, 0.25) is 0 Å². The van der Waals surface area contributed by atoms with E-state index in [0.29, 0.717) is 16.2 Å². The predicted molar refractivity (Wildman–Crippen MR) is 104 cm³/mol. The summed E-state index contributed by atoms with van der Waals surface area (Å²) in [5, 5.41) is -0.291. The number of hydrogen-bond acceptors (Lipinski definition) is 6. The van der Waals surface area contributed by atoms with Gasteiger partial charge in [-0.15, -0.1) is 6.58 Å². The van der Waals surface area contributed by atoms with Crippen LogP contribution in [0.5, 0.6) is 11.5 Å². The number of ether oxygens (including phenoxy) is 2. The van der Waals surface area contributed by atoms with Crippen LogP contribution >= 0.6 is 11.8 Å². The summed E-state index contributed by atoms with van der Waals surface area (Å²) < 4.78 is 11.1. The van der Waals surface area contributed by atoms with Crippen molar-refractivity contribution < 1.29 is 19.1 Å². The van der Waals surface area contributed by atoms with Crippen LogP contribution in [-0.2, 0) is 4.79 Å². The maximum absolute atomic E-state index is 12.4. The highest BCUT2D eigenvalue weighted by Crippen LogP contribution is 2.40. The number of hydrogen-bond donors (Lipinski definition) is 0. The molecular weight excluding hydrogens is 352 g/mol. The number of anilines is 1. The fourth-order valence-corrected chi connectivity index (χ4v) is 3.99. The molecule has 0 aliphatic carbocycles. The fourth-order valence-electron chi connectivity index (χ4n) is 3.15. The van der Waals surface area contributed by atoms with E-state index in [0.717, 1.165) is 49.1 Å². The van der Waals surface area contributed by atoms with E-state index >= 15 is 0 Å². The molecule has 0 aromatic heterocycles. The summed E-state index contributed by atoms with van der Waals surface area (Å²) >= 11 is 0.923. The van der Waals surface area contributed by atoms with Crippen LogP contribution in [0.1, 0.15) is 18.4 Å². The average molecular weight is 374 g/mol. The van der Waals surface area contributed by atoms with E-state index < -0.39 is 0 Å². The van der Waals surface area contributed by atoms with Crippen molar-refractivity contribution in [2.24, 2.45) is 0 Å². The fraction of sp³-hybridized carbons (Fsp3) is 0.368. The molecule has 2 saturated heterocycles. The molecule has 1 aromatic rings. The molecule has 6 nitrogen and oxygen atoms in total. The molecule has 7 heteroatoms. The highest BCUT2D eigenvalue weighted by Gasteiger charge is 2.34. The zero-order chi connectivity index (χ0) is 18.7. The number of nitrogens with zero attached hydrogens (tertiary/aromatic N) is 2. The third-order valence-electron chi connectivity index (χ3n) is 4.45. The summed E-state index contributed by atoms with van der Waals surface area (Å²) in [5.74, 6) is 1.05. The number of rotatable bonds is 6. The zero-order valence-electron chi connectivity index (χ0n) is 15.0. The van der Waals surface area contributed by atoms with Crippen LogP contribution in [-0.4, -0.2) is 49.9 Å². The van der Waals surface area contributed by atoms with Crippen LogP contribution in [0, 0.1) is 0 Å². The molecule has 2 aliphatic heterocycles. The van der Waals surface area contributed by atoms with Gasteiger partial charge in [-0.2, -0.15) is 0 Å². The van der Waals surface area contributed by atoms with Gasteiger partial charge in [0.15, 0.2) is 0 Å². The molecule has 0 spiro atoms. The van der Waals surface area contributed by atoms with Crippen LogP contribution in [0.25, 0.3) is 6.08 Å². The molecule has 2 aliphatic rings. The van der Waals surface area contributed by atoms with Crippen LogP contribution in [0.3, 0.4) is 0 Å². The second kappa shape index (κ2) is 7.86. The molecule has 2 amide bonds. The average Bonchev–Trinajstić information content (AvgIpc) is 3.26. The van der Waals surface area contributed by atoms with Crippen molar-refractivity contribution in [3.8, 4) is 11.5 Å². The third kappa shape index (κ3) is 3.44. The minimum Gasteiger partial charge on any atom is -0.496 e. The first-order chi connectivity index (χ1) is 12.6. The number of imide groups is 1. The molecule has 0 atom stereocenters. The van der Waals surface area contributed by atoms with Gasteiger partial charge < -0.3 is 14.4 Å². The topological polar surface area (TPSA) is 59.1 Å². The Morgan fingerprint density at radius 2 is 1.85 bits per heavy atom. The van der Waals surface area contributed by atoms with Crippen molar-refractivity contribution in [2.45, 2.75) is 12.8 Å². The lowest BCUT2D eigenvalue weighted by Gasteiger charge is -2.22. The number of carbonyl (C=O) groups is 2. The van der Waals surface area contributed by atoms with Crippen LogP contribution in [0.4, 0.5) is 10.5 Å². The largest absolute Gasteiger partial charge is 0.496 e. The molecule has 0 unspecified atom stereocenters.